The highest BCUT2D eigenvalue weighted by Crippen LogP contribution is 2.21. The van der Waals surface area contributed by atoms with Gasteiger partial charge in [-0.15, -0.1) is 0 Å². The fourth-order valence-corrected chi connectivity index (χ4v) is 3.00. The monoisotopic (exact) mass is 240 g/mol. The van der Waals surface area contributed by atoms with Crippen LogP contribution in [0.3, 0.4) is 0 Å². The van der Waals surface area contributed by atoms with Crippen molar-refractivity contribution in [1.29, 1.82) is 0 Å². The predicted octanol–water partition coefficient (Wildman–Crippen LogP) is 2.13. The van der Waals surface area contributed by atoms with Gasteiger partial charge in [-0.3, -0.25) is 0 Å². The first-order valence-corrected chi connectivity index (χ1v) is 6.77. The van der Waals surface area contributed by atoms with Crippen LogP contribution in [-0.2, 0) is 0 Å². The molecule has 2 rings (SSSR count). The summed E-state index contributed by atoms with van der Waals surface area (Å²) in [6.07, 6.45) is 2.41. The minimum absolute atomic E-state index is 0.560. The largest absolute Gasteiger partial charge is 0.357 e. The van der Waals surface area contributed by atoms with E-state index in [4.69, 9.17) is 0 Å². The Morgan fingerprint density at radius 2 is 2.38 bits per heavy atom. The standard InChI is InChI=1S/C11H20N4S/c1-4-15-6-5-10(7-8(15)2)13-11-12-9(3)14-16-11/h8,10H,4-7H2,1-3H3,(H,12,13,14)/t8-,10+/m0/s1. The van der Waals surface area contributed by atoms with Gasteiger partial charge in [0.15, 0.2) is 0 Å². The van der Waals surface area contributed by atoms with E-state index in [0.29, 0.717) is 12.1 Å². The molecule has 2 atom stereocenters. The molecule has 1 fully saturated rings. The summed E-state index contributed by atoms with van der Waals surface area (Å²) in [5.74, 6) is 0.867. The van der Waals surface area contributed by atoms with Gasteiger partial charge >= 0.3 is 0 Å². The van der Waals surface area contributed by atoms with E-state index < -0.39 is 0 Å². The highest BCUT2D eigenvalue weighted by atomic mass is 32.1. The van der Waals surface area contributed by atoms with E-state index in [2.05, 4.69) is 33.4 Å². The first-order valence-electron chi connectivity index (χ1n) is 6.00. The number of nitrogens with one attached hydrogen (secondary N) is 1. The zero-order valence-electron chi connectivity index (χ0n) is 10.2. The number of nitrogens with zero attached hydrogens (tertiary/aromatic N) is 3. The van der Waals surface area contributed by atoms with Gasteiger partial charge in [0.1, 0.15) is 5.82 Å². The first kappa shape index (κ1) is 11.8. The molecule has 1 aliphatic rings. The zero-order chi connectivity index (χ0) is 11.5. The second-order valence-corrected chi connectivity index (χ2v) is 5.24. The number of anilines is 1. The Morgan fingerprint density at radius 3 is 2.94 bits per heavy atom. The van der Waals surface area contributed by atoms with Crippen LogP contribution in [0.1, 0.15) is 32.5 Å². The Labute approximate surface area is 101 Å². The highest BCUT2D eigenvalue weighted by molar-refractivity contribution is 7.09. The molecule has 1 aromatic rings. The molecule has 0 bridgehead atoms. The van der Waals surface area contributed by atoms with E-state index in [1.54, 1.807) is 0 Å². The maximum absolute atomic E-state index is 4.35. The van der Waals surface area contributed by atoms with Gasteiger partial charge in [-0.1, -0.05) is 6.92 Å². The molecule has 1 aliphatic heterocycles. The second-order valence-electron chi connectivity index (χ2n) is 4.49. The number of hydrogen-bond acceptors (Lipinski definition) is 5. The summed E-state index contributed by atoms with van der Waals surface area (Å²) in [4.78, 5) is 6.88. The summed E-state index contributed by atoms with van der Waals surface area (Å²) in [5, 5.41) is 4.47. The van der Waals surface area contributed by atoms with Gasteiger partial charge in [-0.05, 0) is 33.2 Å². The van der Waals surface area contributed by atoms with Gasteiger partial charge in [-0.2, -0.15) is 4.37 Å². The molecule has 16 heavy (non-hydrogen) atoms. The van der Waals surface area contributed by atoms with Gasteiger partial charge in [0, 0.05) is 30.2 Å². The van der Waals surface area contributed by atoms with Gasteiger partial charge in [0.25, 0.3) is 0 Å². The summed E-state index contributed by atoms with van der Waals surface area (Å²) >= 11 is 1.47. The lowest BCUT2D eigenvalue weighted by atomic mass is 9.98. The minimum atomic E-state index is 0.560. The lowest BCUT2D eigenvalue weighted by Crippen LogP contribution is -2.44. The third kappa shape index (κ3) is 2.71. The van der Waals surface area contributed by atoms with Gasteiger partial charge < -0.3 is 10.2 Å². The molecular weight excluding hydrogens is 220 g/mol. The van der Waals surface area contributed by atoms with Crippen molar-refractivity contribution in [2.75, 3.05) is 18.4 Å². The van der Waals surface area contributed by atoms with Gasteiger partial charge in [0.05, 0.1) is 0 Å². The van der Waals surface area contributed by atoms with Crippen molar-refractivity contribution < 1.29 is 0 Å². The van der Waals surface area contributed by atoms with Crippen molar-refractivity contribution in [1.82, 2.24) is 14.3 Å². The van der Waals surface area contributed by atoms with Crippen molar-refractivity contribution in [3.63, 3.8) is 0 Å². The van der Waals surface area contributed by atoms with Crippen LogP contribution in [0.25, 0.3) is 0 Å². The van der Waals surface area contributed by atoms with E-state index in [1.807, 2.05) is 6.92 Å². The number of rotatable bonds is 3. The van der Waals surface area contributed by atoms with Crippen LogP contribution in [0, 0.1) is 6.92 Å². The Bertz CT molecular complexity index is 338. The molecule has 0 aliphatic carbocycles. The van der Waals surface area contributed by atoms with E-state index in [1.165, 1.54) is 30.9 Å². The molecule has 0 aromatic carbocycles. The molecule has 0 amide bonds. The van der Waals surface area contributed by atoms with Crippen molar-refractivity contribution in [3.8, 4) is 0 Å². The fraction of sp³-hybridized carbons (Fsp3) is 0.818. The molecule has 1 aromatic heterocycles. The summed E-state index contributed by atoms with van der Waals surface area (Å²) in [6, 6.07) is 1.23. The number of hydrogen-bond donors (Lipinski definition) is 1. The Hall–Kier alpha value is -0.680. The summed E-state index contributed by atoms with van der Waals surface area (Å²) in [7, 11) is 0. The van der Waals surface area contributed by atoms with Crippen LogP contribution in [0.15, 0.2) is 0 Å². The van der Waals surface area contributed by atoms with E-state index in [9.17, 15) is 0 Å². The third-order valence-corrected chi connectivity index (χ3v) is 4.01. The average Bonchev–Trinajstić information content (AvgIpc) is 2.64. The topological polar surface area (TPSA) is 41.0 Å². The molecule has 4 nitrogen and oxygen atoms in total. The van der Waals surface area contributed by atoms with Crippen molar-refractivity contribution in [3.05, 3.63) is 5.82 Å². The average molecular weight is 240 g/mol. The Morgan fingerprint density at radius 1 is 1.56 bits per heavy atom. The smallest absolute Gasteiger partial charge is 0.202 e. The molecule has 0 unspecified atom stereocenters. The molecule has 0 radical (unpaired) electrons. The molecule has 1 saturated heterocycles. The highest BCUT2D eigenvalue weighted by Gasteiger charge is 2.24. The minimum Gasteiger partial charge on any atom is -0.357 e. The van der Waals surface area contributed by atoms with E-state index in [-0.39, 0.29) is 0 Å². The van der Waals surface area contributed by atoms with Crippen LogP contribution >= 0.6 is 11.5 Å². The molecular formula is C11H20N4S. The van der Waals surface area contributed by atoms with Crippen molar-refractivity contribution >= 4 is 16.7 Å². The van der Waals surface area contributed by atoms with E-state index in [0.717, 1.165) is 17.5 Å². The number of piperidine rings is 1. The van der Waals surface area contributed by atoms with Crippen LogP contribution in [0.4, 0.5) is 5.13 Å². The second kappa shape index (κ2) is 5.10. The van der Waals surface area contributed by atoms with E-state index >= 15 is 0 Å². The number of aryl methyl sites for hydroxylation is 1. The summed E-state index contributed by atoms with van der Waals surface area (Å²) in [5.41, 5.74) is 0. The molecule has 5 heteroatoms. The Balaban J connectivity index is 1.88. The van der Waals surface area contributed by atoms with Crippen LogP contribution in [-0.4, -0.2) is 39.4 Å². The number of likely N-dealkylation sites (tertiary alicyclic amines) is 1. The lowest BCUT2D eigenvalue weighted by Gasteiger charge is -2.37. The Kier molecular flexibility index (Phi) is 3.76. The maximum Gasteiger partial charge on any atom is 0.202 e. The maximum atomic E-state index is 4.35. The molecule has 0 spiro atoms. The van der Waals surface area contributed by atoms with Crippen molar-refractivity contribution in [2.45, 2.75) is 45.7 Å². The zero-order valence-corrected chi connectivity index (χ0v) is 11.0. The number of aromatic nitrogens is 2. The van der Waals surface area contributed by atoms with Gasteiger partial charge in [0.2, 0.25) is 5.13 Å². The SMILES string of the molecule is CCN1CC[C@@H](Nc2nc(C)ns2)C[C@@H]1C. The predicted molar refractivity (Wildman–Crippen MR) is 68.0 cm³/mol. The van der Waals surface area contributed by atoms with Crippen LogP contribution in [0.5, 0.6) is 0 Å². The normalized spacial score (nSPS) is 26.9. The molecule has 0 saturated carbocycles. The van der Waals surface area contributed by atoms with Gasteiger partial charge in [-0.25, -0.2) is 4.98 Å². The summed E-state index contributed by atoms with van der Waals surface area (Å²) in [6.45, 7) is 8.82. The molecule has 1 N–H and O–H groups in total. The van der Waals surface area contributed by atoms with Crippen molar-refractivity contribution in [2.24, 2.45) is 0 Å². The first-order chi connectivity index (χ1) is 7.69. The quantitative estimate of drug-likeness (QED) is 0.879. The van der Waals surface area contributed by atoms with Crippen LogP contribution in [0.2, 0.25) is 0 Å². The third-order valence-electron chi connectivity index (χ3n) is 3.28. The fourth-order valence-electron chi connectivity index (χ4n) is 2.35. The lowest BCUT2D eigenvalue weighted by molar-refractivity contribution is 0.161. The summed E-state index contributed by atoms with van der Waals surface area (Å²) < 4.78 is 4.19. The van der Waals surface area contributed by atoms with Crippen LogP contribution < -0.4 is 5.32 Å². The molecule has 2 heterocycles. The molecule has 90 valence electrons.